The standard InChI is InChI=1S/C38H43N3O3/c1-4-35(43)30-15-10-14-28(19-20-30)32-21-22-34-33(24-40-41(34)38(39-6-3)37(32)36(44)5-2)29-13-8-7-12-27(17-18-29)31-16-9-11-26(23-31)25-42/h7,9,11,13,16-18,21-24,28,30,42H,4-6,10,12,14-15,19-20,25H2,1-3H3/b27-17+,29-18?,39-38?. The molecule has 6 heteroatoms. The van der Waals surface area contributed by atoms with Gasteiger partial charge in [0.05, 0.1) is 23.9 Å². The van der Waals surface area contributed by atoms with Crippen molar-refractivity contribution in [1.82, 2.24) is 9.61 Å². The molecule has 2 aliphatic carbocycles. The van der Waals surface area contributed by atoms with Crippen LogP contribution in [-0.2, 0) is 11.4 Å². The van der Waals surface area contributed by atoms with Gasteiger partial charge in [0, 0.05) is 30.9 Å². The molecule has 6 nitrogen and oxygen atoms in total. The van der Waals surface area contributed by atoms with E-state index in [2.05, 4.69) is 36.1 Å². The number of ketones is 2. The van der Waals surface area contributed by atoms with Crippen molar-refractivity contribution in [3.8, 4) is 0 Å². The molecule has 5 rings (SSSR count). The summed E-state index contributed by atoms with van der Waals surface area (Å²) in [6.45, 7) is 6.37. The average molecular weight is 590 g/mol. The van der Waals surface area contributed by atoms with E-state index in [1.54, 1.807) is 0 Å². The van der Waals surface area contributed by atoms with Gasteiger partial charge in [0.2, 0.25) is 0 Å². The van der Waals surface area contributed by atoms with E-state index in [0.29, 0.717) is 36.2 Å². The van der Waals surface area contributed by atoms with Crippen LogP contribution in [0.4, 0.5) is 0 Å². The molecule has 1 N–H and O–H groups in total. The second-order valence-corrected chi connectivity index (χ2v) is 11.7. The Kier molecular flexibility index (Phi) is 10.4. The highest BCUT2D eigenvalue weighted by Gasteiger charge is 2.27. The van der Waals surface area contributed by atoms with Gasteiger partial charge in [0.1, 0.15) is 5.78 Å². The van der Waals surface area contributed by atoms with Crippen molar-refractivity contribution in [2.24, 2.45) is 10.9 Å². The van der Waals surface area contributed by atoms with Gasteiger partial charge in [-0.1, -0.05) is 56.7 Å². The number of aliphatic hydroxyl groups is 1. The van der Waals surface area contributed by atoms with E-state index in [-0.39, 0.29) is 24.2 Å². The van der Waals surface area contributed by atoms with Crippen molar-refractivity contribution in [1.29, 1.82) is 0 Å². The Labute approximate surface area is 260 Å². The van der Waals surface area contributed by atoms with E-state index in [1.807, 2.05) is 61.8 Å². The predicted octanol–water partition coefficient (Wildman–Crippen LogP) is 7.56. The second-order valence-electron chi connectivity index (χ2n) is 11.7. The third-order valence-electron chi connectivity index (χ3n) is 8.99. The minimum atomic E-state index is 0.00528. The van der Waals surface area contributed by atoms with Crippen LogP contribution >= 0.6 is 0 Å². The number of aromatic nitrogens is 2. The largest absolute Gasteiger partial charge is 0.392 e. The topological polar surface area (TPSA) is 84.0 Å². The number of aliphatic hydroxyl groups excluding tert-OH is 1. The summed E-state index contributed by atoms with van der Waals surface area (Å²) < 4.78 is 1.83. The molecule has 44 heavy (non-hydrogen) atoms. The zero-order valence-electron chi connectivity index (χ0n) is 26.2. The van der Waals surface area contributed by atoms with Crippen molar-refractivity contribution >= 4 is 28.2 Å². The van der Waals surface area contributed by atoms with Crippen LogP contribution in [0.3, 0.4) is 0 Å². The highest BCUT2D eigenvalue weighted by Crippen LogP contribution is 2.36. The zero-order valence-corrected chi connectivity index (χ0v) is 26.2. The highest BCUT2D eigenvalue weighted by molar-refractivity contribution is 5.97. The average Bonchev–Trinajstić information content (AvgIpc) is 3.19. The zero-order chi connectivity index (χ0) is 31.1. The molecule has 2 aromatic heterocycles. The number of carbonyl (C=O) groups is 2. The summed E-state index contributed by atoms with van der Waals surface area (Å²) in [5.74, 6) is 0.724. The van der Waals surface area contributed by atoms with Crippen LogP contribution in [0, 0.1) is 5.92 Å². The Hall–Kier alpha value is -4.12. The smallest absolute Gasteiger partial charge is 0.166 e. The minimum Gasteiger partial charge on any atom is -0.392 e. The van der Waals surface area contributed by atoms with Crippen molar-refractivity contribution in [3.63, 3.8) is 0 Å². The van der Waals surface area contributed by atoms with Crippen LogP contribution < -0.4 is 5.49 Å². The third-order valence-corrected chi connectivity index (χ3v) is 8.99. The first-order valence-electron chi connectivity index (χ1n) is 16.1. The molecule has 0 bridgehead atoms. The van der Waals surface area contributed by atoms with E-state index >= 15 is 0 Å². The van der Waals surface area contributed by atoms with E-state index in [4.69, 9.17) is 10.1 Å². The summed E-state index contributed by atoms with van der Waals surface area (Å²) in [7, 11) is 0. The first-order valence-corrected chi connectivity index (χ1v) is 16.1. The van der Waals surface area contributed by atoms with E-state index in [9.17, 15) is 14.7 Å². The molecule has 228 valence electrons. The van der Waals surface area contributed by atoms with Crippen LogP contribution in [0.5, 0.6) is 0 Å². The van der Waals surface area contributed by atoms with Crippen LogP contribution in [0.25, 0.3) is 16.7 Å². The maximum Gasteiger partial charge on any atom is 0.166 e. The Morgan fingerprint density at radius 2 is 1.91 bits per heavy atom. The summed E-state index contributed by atoms with van der Waals surface area (Å²) in [4.78, 5) is 31.1. The van der Waals surface area contributed by atoms with E-state index < -0.39 is 0 Å². The first kappa shape index (κ1) is 31.3. The molecule has 0 aliphatic heterocycles. The van der Waals surface area contributed by atoms with Crippen molar-refractivity contribution in [3.05, 3.63) is 106 Å². The van der Waals surface area contributed by atoms with Crippen LogP contribution in [0.1, 0.15) is 111 Å². The quantitative estimate of drug-likeness (QED) is 0.159. The lowest BCUT2D eigenvalue weighted by molar-refractivity contribution is -0.122. The van der Waals surface area contributed by atoms with Gasteiger partial charge in [-0.05, 0) is 97.1 Å². The number of benzene rings is 1. The second kappa shape index (κ2) is 14.6. The molecule has 0 radical (unpaired) electrons. The SMILES string of the molecule is CCN=c1c(C(=O)CC)c(C2CCCC(C(=O)CC)CC2)ccc2c(C3=C/C=C(/c4cccc(CO)c4)CC=C=C3)cnn12. The summed E-state index contributed by atoms with van der Waals surface area (Å²) in [6.07, 6.45) is 16.4. The first-order chi connectivity index (χ1) is 21.5. The Morgan fingerprint density at radius 1 is 1.05 bits per heavy atom. The Morgan fingerprint density at radius 3 is 2.68 bits per heavy atom. The maximum absolute atomic E-state index is 13.7. The van der Waals surface area contributed by atoms with Crippen molar-refractivity contribution in [2.45, 2.75) is 84.7 Å². The van der Waals surface area contributed by atoms with Gasteiger partial charge in [0.15, 0.2) is 11.3 Å². The van der Waals surface area contributed by atoms with Crippen LogP contribution in [-0.4, -0.2) is 32.8 Å². The summed E-state index contributed by atoms with van der Waals surface area (Å²) in [6, 6.07) is 12.2. The molecular formula is C38H43N3O3. The Balaban J connectivity index is 1.65. The van der Waals surface area contributed by atoms with Crippen molar-refractivity contribution < 1.29 is 14.7 Å². The van der Waals surface area contributed by atoms with E-state index in [0.717, 1.165) is 77.4 Å². The molecule has 0 saturated heterocycles. The number of nitrogens with zero attached hydrogens (tertiary/aromatic N) is 3. The Bertz CT molecular complexity index is 1750. The lowest BCUT2D eigenvalue weighted by Gasteiger charge is -2.17. The lowest BCUT2D eigenvalue weighted by atomic mass is 9.87. The maximum atomic E-state index is 13.7. The number of hydrogen-bond acceptors (Lipinski definition) is 5. The van der Waals surface area contributed by atoms with Gasteiger partial charge in [-0.15, -0.1) is 5.73 Å². The molecule has 2 atom stereocenters. The number of hydrogen-bond donors (Lipinski definition) is 1. The lowest BCUT2D eigenvalue weighted by Crippen LogP contribution is -2.25. The predicted molar refractivity (Wildman–Crippen MR) is 176 cm³/mol. The summed E-state index contributed by atoms with van der Waals surface area (Å²) >= 11 is 0. The molecule has 1 saturated carbocycles. The van der Waals surface area contributed by atoms with Gasteiger partial charge in [0.25, 0.3) is 0 Å². The number of carbonyl (C=O) groups excluding carboxylic acids is 2. The van der Waals surface area contributed by atoms with Gasteiger partial charge < -0.3 is 5.11 Å². The summed E-state index contributed by atoms with van der Waals surface area (Å²) in [5, 5.41) is 14.4. The van der Waals surface area contributed by atoms with Crippen LogP contribution in [0.15, 0.2) is 77.6 Å². The molecule has 1 fully saturated rings. The van der Waals surface area contributed by atoms with Crippen LogP contribution in [0.2, 0.25) is 0 Å². The number of fused-ring (bicyclic) bond motifs is 1. The third kappa shape index (κ3) is 6.67. The normalized spacial score (nSPS) is 20.4. The van der Waals surface area contributed by atoms with Gasteiger partial charge in [-0.2, -0.15) is 5.10 Å². The monoisotopic (exact) mass is 589 g/mol. The molecule has 2 unspecified atom stereocenters. The molecule has 3 aromatic rings. The fourth-order valence-corrected chi connectivity index (χ4v) is 6.59. The highest BCUT2D eigenvalue weighted by atomic mass is 16.3. The molecule has 0 amide bonds. The summed E-state index contributed by atoms with van der Waals surface area (Å²) in [5.41, 5.74) is 11.5. The molecule has 0 spiro atoms. The molecule has 2 heterocycles. The fraction of sp³-hybridized carbons (Fsp3) is 0.395. The molecular weight excluding hydrogens is 546 g/mol. The van der Waals surface area contributed by atoms with E-state index in [1.165, 1.54) is 0 Å². The van der Waals surface area contributed by atoms with Gasteiger partial charge in [-0.3, -0.25) is 14.6 Å². The number of rotatable bonds is 9. The number of Topliss-reactive ketones (excluding diaryl/α,β-unsaturated/α-hetero) is 2. The van der Waals surface area contributed by atoms with Crippen molar-refractivity contribution in [2.75, 3.05) is 6.54 Å². The van der Waals surface area contributed by atoms with Gasteiger partial charge >= 0.3 is 0 Å². The molecule has 2 aliphatic rings. The van der Waals surface area contributed by atoms with Gasteiger partial charge in [-0.25, -0.2) is 4.52 Å². The fourth-order valence-electron chi connectivity index (χ4n) is 6.59. The molecule has 1 aromatic carbocycles. The minimum absolute atomic E-state index is 0.00528. The number of allylic oxidation sites excluding steroid dienone is 5.